The highest BCUT2D eigenvalue weighted by atomic mass is 127. The summed E-state index contributed by atoms with van der Waals surface area (Å²) in [5, 5.41) is 18.8. The second kappa shape index (κ2) is 13.1. The van der Waals surface area contributed by atoms with Crippen LogP contribution in [-0.4, -0.2) is 50.6 Å². The molecule has 0 atom stereocenters. The van der Waals surface area contributed by atoms with Gasteiger partial charge in [-0.2, -0.15) is 32.2 Å². The van der Waals surface area contributed by atoms with E-state index < -0.39 is 36.3 Å². The van der Waals surface area contributed by atoms with Crippen molar-refractivity contribution in [3.63, 3.8) is 0 Å². The first-order chi connectivity index (χ1) is 19.5. The van der Waals surface area contributed by atoms with Crippen molar-refractivity contribution in [3.8, 4) is 5.82 Å². The highest BCUT2D eigenvalue weighted by molar-refractivity contribution is 14.1. The van der Waals surface area contributed by atoms with E-state index >= 15 is 0 Å². The van der Waals surface area contributed by atoms with Crippen LogP contribution in [0.25, 0.3) is 5.82 Å². The second-order valence-electron chi connectivity index (χ2n) is 8.92. The smallest absolute Gasteiger partial charge is 0.380 e. The van der Waals surface area contributed by atoms with Gasteiger partial charge in [0.25, 0.3) is 11.8 Å². The molecule has 0 bridgehead atoms. The quantitative estimate of drug-likeness (QED) is 0.0651. The average Bonchev–Trinajstić information content (AvgIpc) is 3.31. The number of rotatable bonds is 9. The number of amidine groups is 1. The van der Waals surface area contributed by atoms with Crippen molar-refractivity contribution in [2.24, 2.45) is 21.2 Å². The van der Waals surface area contributed by atoms with Gasteiger partial charge in [-0.05, 0) is 84.5 Å². The van der Waals surface area contributed by atoms with Crippen LogP contribution in [-0.2, 0) is 6.54 Å². The Bertz CT molecular complexity index is 1560. The number of halogens is 7. The summed E-state index contributed by atoms with van der Waals surface area (Å²) in [5.74, 6) is -8.62. The molecule has 0 fully saturated rings. The monoisotopic (exact) mass is 725 g/mol. The van der Waals surface area contributed by atoms with E-state index in [0.717, 1.165) is 8.25 Å². The van der Waals surface area contributed by atoms with Gasteiger partial charge in [-0.15, -0.1) is 5.10 Å². The van der Waals surface area contributed by atoms with Crippen LogP contribution in [0.4, 0.5) is 27.6 Å². The van der Waals surface area contributed by atoms with Crippen LogP contribution < -0.4 is 16.4 Å². The number of nitrogens with zero attached hydrogens (tertiary/aromatic N) is 6. The molecule has 3 aromatic rings. The summed E-state index contributed by atoms with van der Waals surface area (Å²) in [7, 11) is 0. The molecule has 0 spiro atoms. The Hall–Kier alpha value is -3.74. The molecule has 0 unspecified atom stereocenters. The van der Waals surface area contributed by atoms with E-state index in [1.54, 1.807) is 32.9 Å². The van der Waals surface area contributed by atoms with E-state index in [9.17, 15) is 31.5 Å². The number of nitrogens with one attached hydrogen (secondary N) is 2. The van der Waals surface area contributed by atoms with Gasteiger partial charge in [0.2, 0.25) is 5.84 Å². The number of anilines is 1. The normalized spacial score (nSPS) is 12.7. The van der Waals surface area contributed by atoms with Crippen LogP contribution in [0, 0.1) is 10.5 Å². The van der Waals surface area contributed by atoms with Gasteiger partial charge in [-0.3, -0.25) is 9.59 Å². The van der Waals surface area contributed by atoms with Crippen LogP contribution in [0.15, 0.2) is 52.0 Å². The predicted molar refractivity (Wildman–Crippen MR) is 152 cm³/mol. The summed E-state index contributed by atoms with van der Waals surface area (Å²) in [6.07, 6.45) is -4.58. The Labute approximate surface area is 253 Å². The van der Waals surface area contributed by atoms with Crippen molar-refractivity contribution in [2.75, 3.05) is 5.32 Å². The molecule has 0 radical (unpaired) electrons. The van der Waals surface area contributed by atoms with E-state index in [4.69, 9.17) is 17.3 Å². The Morgan fingerprint density at radius 1 is 1.17 bits per heavy atom. The Morgan fingerprint density at radius 2 is 1.86 bits per heavy atom. The Kier molecular flexibility index (Phi) is 10.2. The minimum Gasteiger partial charge on any atom is -0.380 e. The van der Waals surface area contributed by atoms with Gasteiger partial charge in [-0.1, -0.05) is 11.6 Å². The maximum absolute atomic E-state index is 13.5. The molecule has 0 saturated heterocycles. The number of carbonyl (C=O) groups is 2. The molecule has 11 nitrogen and oxygen atoms in total. The van der Waals surface area contributed by atoms with Crippen LogP contribution >= 0.6 is 34.2 Å². The van der Waals surface area contributed by atoms with Crippen LogP contribution in [0.1, 0.15) is 46.0 Å². The second-order valence-corrected chi connectivity index (χ2v) is 10.6. The number of hydrogen-bond donors (Lipinski definition) is 3. The topological polar surface area (TPSA) is 152 Å². The largest absolute Gasteiger partial charge is 0.461 e. The molecule has 4 N–H and O–H groups in total. The van der Waals surface area contributed by atoms with Crippen molar-refractivity contribution in [1.82, 2.24) is 20.1 Å². The molecule has 18 heteroatoms. The van der Waals surface area contributed by atoms with E-state index in [2.05, 4.69) is 36.2 Å². The fourth-order valence-electron chi connectivity index (χ4n) is 3.36. The molecule has 0 saturated carbocycles. The number of aryl methyl sites for hydroxylation is 1. The number of pyridine rings is 1. The standard InChI is InChI=1S/C24H22ClF5IN9O2/c1-11(2)35-20(41)15-8-13(31)7-12(3)18(15)36-21(42)17-9-14(38-40(17)19-16(25)5-4-6-33-19)10-34-39-37-22(32)23(26,27)24(28,29)30/h4-9,11H,10H2,1-3H3,(H,35,41)(H,36,42)(H2,32,34,37). The first-order valence-electron chi connectivity index (χ1n) is 11.8. The molecule has 0 aliphatic carbocycles. The summed E-state index contributed by atoms with van der Waals surface area (Å²) in [6, 6.07) is 7.46. The number of aromatic nitrogens is 3. The Morgan fingerprint density at radius 3 is 2.48 bits per heavy atom. The van der Waals surface area contributed by atoms with Crippen molar-refractivity contribution in [1.29, 1.82) is 0 Å². The summed E-state index contributed by atoms with van der Waals surface area (Å²) >= 11 is 8.30. The van der Waals surface area contributed by atoms with Crippen molar-refractivity contribution in [2.45, 2.75) is 45.5 Å². The minimum atomic E-state index is -5.97. The maximum Gasteiger partial charge on any atom is 0.461 e. The summed E-state index contributed by atoms with van der Waals surface area (Å²) in [4.78, 5) is 30.5. The molecule has 0 aliphatic heterocycles. The first kappa shape index (κ1) is 32.8. The molecule has 3 rings (SSSR count). The molecule has 2 aromatic heterocycles. The van der Waals surface area contributed by atoms with Gasteiger partial charge in [0.05, 0.1) is 22.0 Å². The molecule has 1 aromatic carbocycles. The van der Waals surface area contributed by atoms with Crippen LogP contribution in [0.2, 0.25) is 5.02 Å². The Balaban J connectivity index is 1.99. The number of carbonyl (C=O) groups excluding carboxylic acids is 2. The zero-order valence-electron chi connectivity index (χ0n) is 22.0. The number of alkyl halides is 5. The first-order valence-corrected chi connectivity index (χ1v) is 13.3. The highest BCUT2D eigenvalue weighted by Crippen LogP contribution is 2.35. The number of hydrogen-bond acceptors (Lipinski definition) is 6. The zero-order valence-corrected chi connectivity index (χ0v) is 24.9. The van der Waals surface area contributed by atoms with Gasteiger partial charge in [0.15, 0.2) is 5.82 Å². The molecular formula is C24H22ClF5IN9O2. The third kappa shape index (κ3) is 7.55. The maximum atomic E-state index is 13.5. The van der Waals surface area contributed by atoms with Crippen LogP contribution in [0.5, 0.6) is 0 Å². The van der Waals surface area contributed by atoms with E-state index in [1.807, 2.05) is 22.6 Å². The average molecular weight is 726 g/mol. The van der Waals surface area contributed by atoms with Gasteiger partial charge in [0, 0.05) is 15.8 Å². The number of nitrogens with two attached hydrogens (primary N) is 1. The summed E-state index contributed by atoms with van der Waals surface area (Å²) in [6.45, 7) is 4.77. The molecule has 2 amide bonds. The lowest BCUT2D eigenvalue weighted by Gasteiger charge is -2.17. The highest BCUT2D eigenvalue weighted by Gasteiger charge is 2.61. The molecule has 224 valence electrons. The lowest BCUT2D eigenvalue weighted by molar-refractivity contribution is -0.249. The fourth-order valence-corrected chi connectivity index (χ4v) is 4.34. The van der Waals surface area contributed by atoms with Gasteiger partial charge < -0.3 is 16.4 Å². The fraction of sp³-hybridized carbons (Fsp3) is 0.292. The number of benzene rings is 1. The molecule has 2 heterocycles. The van der Waals surface area contributed by atoms with Crippen molar-refractivity contribution < 1.29 is 31.5 Å². The van der Waals surface area contributed by atoms with Crippen molar-refractivity contribution in [3.05, 3.63) is 67.6 Å². The summed E-state index contributed by atoms with van der Waals surface area (Å²) in [5.41, 5.74) is 5.65. The lowest BCUT2D eigenvalue weighted by atomic mass is 10.1. The van der Waals surface area contributed by atoms with Crippen LogP contribution in [0.3, 0.4) is 0 Å². The molecule has 0 aliphatic rings. The zero-order chi connectivity index (χ0) is 31.4. The van der Waals surface area contributed by atoms with Gasteiger partial charge >= 0.3 is 12.1 Å². The van der Waals surface area contributed by atoms with E-state index in [0.29, 0.717) is 5.56 Å². The molecular weight excluding hydrogens is 704 g/mol. The molecule has 42 heavy (non-hydrogen) atoms. The third-order valence-electron chi connectivity index (χ3n) is 5.26. The van der Waals surface area contributed by atoms with Gasteiger partial charge in [-0.25, -0.2) is 9.67 Å². The van der Waals surface area contributed by atoms with Gasteiger partial charge in [0.1, 0.15) is 12.2 Å². The number of amides is 2. The van der Waals surface area contributed by atoms with E-state index in [1.165, 1.54) is 24.4 Å². The van der Waals surface area contributed by atoms with E-state index in [-0.39, 0.29) is 39.5 Å². The minimum absolute atomic E-state index is 0.0130. The lowest BCUT2D eigenvalue weighted by Crippen LogP contribution is -2.48. The summed E-state index contributed by atoms with van der Waals surface area (Å²) < 4.78 is 65.6. The third-order valence-corrected chi connectivity index (χ3v) is 6.18. The SMILES string of the molecule is Cc1cc(I)cc(C(=O)NC(C)C)c1NC(=O)c1cc(CN=NN=C(N)C(F)(F)C(F)(F)F)nn1-c1ncccc1Cl. The predicted octanol–water partition coefficient (Wildman–Crippen LogP) is 5.65. The van der Waals surface area contributed by atoms with Crippen molar-refractivity contribution >= 4 is 57.5 Å².